The van der Waals surface area contributed by atoms with Gasteiger partial charge in [0.15, 0.2) is 5.75 Å². The molecule has 1 atom stereocenters. The molecule has 0 aliphatic carbocycles. The molecule has 1 aliphatic heterocycles. The fraction of sp³-hybridized carbons (Fsp3) is 0.562. The van der Waals surface area contributed by atoms with Gasteiger partial charge in [0.05, 0.1) is 18.1 Å². The minimum atomic E-state index is -0.559. The van der Waals surface area contributed by atoms with Crippen molar-refractivity contribution in [1.82, 2.24) is 10.2 Å². The van der Waals surface area contributed by atoms with E-state index >= 15 is 0 Å². The molecule has 0 aromatic heterocycles. The molecule has 132 valence electrons. The lowest BCUT2D eigenvalue weighted by Gasteiger charge is -2.35. The Morgan fingerprint density at radius 2 is 2.12 bits per heavy atom. The molecule has 0 bridgehead atoms. The summed E-state index contributed by atoms with van der Waals surface area (Å²) in [6, 6.07) is 4.62. The topological polar surface area (TPSA) is 93.9 Å². The smallest absolute Gasteiger partial charge is 0.410 e. The summed E-state index contributed by atoms with van der Waals surface area (Å²) in [6.07, 6.45) is -0.378. The number of ether oxygens (including phenoxy) is 2. The van der Waals surface area contributed by atoms with Gasteiger partial charge in [-0.25, -0.2) is 4.79 Å². The molecule has 0 spiro atoms. The minimum Gasteiger partial charge on any atom is -0.490 e. The highest BCUT2D eigenvalue weighted by Crippen LogP contribution is 2.30. The molecule has 2 rings (SSSR count). The summed E-state index contributed by atoms with van der Waals surface area (Å²) in [6.45, 7) is 6.96. The zero-order chi connectivity index (χ0) is 17.9. The van der Waals surface area contributed by atoms with Crippen molar-refractivity contribution >= 4 is 11.8 Å². The van der Waals surface area contributed by atoms with Crippen LogP contribution in [0.5, 0.6) is 5.75 Å². The standard InChI is InChI=1S/C16H23N3O5/c1-16(2,3)24-15(20)18-8-7-17-12(10-18)11-5-6-14(23-4)13(9-11)19(21)22/h5-6,9,12,17H,7-8,10H2,1-4H3. The number of benzene rings is 1. The molecule has 1 fully saturated rings. The van der Waals surface area contributed by atoms with Crippen molar-refractivity contribution in [3.8, 4) is 5.75 Å². The average molecular weight is 337 g/mol. The average Bonchev–Trinajstić information content (AvgIpc) is 2.52. The van der Waals surface area contributed by atoms with Gasteiger partial charge in [0.1, 0.15) is 5.60 Å². The molecule has 1 heterocycles. The first-order valence-electron chi connectivity index (χ1n) is 7.75. The van der Waals surface area contributed by atoms with Crippen molar-refractivity contribution in [2.75, 3.05) is 26.7 Å². The van der Waals surface area contributed by atoms with E-state index in [2.05, 4.69) is 5.32 Å². The van der Waals surface area contributed by atoms with E-state index in [4.69, 9.17) is 9.47 Å². The van der Waals surface area contributed by atoms with Crippen LogP contribution in [0.2, 0.25) is 0 Å². The molecule has 1 N–H and O–H groups in total. The maximum Gasteiger partial charge on any atom is 0.410 e. The number of methoxy groups -OCH3 is 1. The molecule has 8 nitrogen and oxygen atoms in total. The Labute approximate surface area is 140 Å². The lowest BCUT2D eigenvalue weighted by molar-refractivity contribution is -0.385. The summed E-state index contributed by atoms with van der Waals surface area (Å²) in [5, 5.41) is 14.4. The Bertz CT molecular complexity index is 627. The molecule has 1 aromatic carbocycles. The number of hydrogen-bond donors (Lipinski definition) is 1. The van der Waals surface area contributed by atoms with Crippen LogP contribution in [-0.4, -0.2) is 48.3 Å². The second-order valence-corrected chi connectivity index (χ2v) is 6.62. The third-order valence-corrected chi connectivity index (χ3v) is 3.63. The van der Waals surface area contributed by atoms with Crippen LogP contribution in [-0.2, 0) is 4.74 Å². The summed E-state index contributed by atoms with van der Waals surface area (Å²) in [5.41, 5.74) is 0.0815. The van der Waals surface area contributed by atoms with Crippen molar-refractivity contribution in [1.29, 1.82) is 0 Å². The van der Waals surface area contributed by atoms with Crippen LogP contribution in [0.25, 0.3) is 0 Å². The summed E-state index contributed by atoms with van der Waals surface area (Å²) >= 11 is 0. The molecular formula is C16H23N3O5. The Hall–Kier alpha value is -2.35. The molecule has 1 aromatic rings. The van der Waals surface area contributed by atoms with Gasteiger partial charge in [0.25, 0.3) is 0 Å². The zero-order valence-corrected chi connectivity index (χ0v) is 14.4. The second-order valence-electron chi connectivity index (χ2n) is 6.62. The van der Waals surface area contributed by atoms with Gasteiger partial charge in [0.2, 0.25) is 0 Å². The molecule has 0 saturated carbocycles. The number of amides is 1. The van der Waals surface area contributed by atoms with Crippen molar-refractivity contribution in [2.45, 2.75) is 32.4 Å². The maximum atomic E-state index is 12.2. The summed E-state index contributed by atoms with van der Waals surface area (Å²) < 4.78 is 10.4. The van der Waals surface area contributed by atoms with Crippen LogP contribution in [0.4, 0.5) is 10.5 Å². The van der Waals surface area contributed by atoms with Gasteiger partial charge in [-0.15, -0.1) is 0 Å². The third kappa shape index (κ3) is 4.35. The Morgan fingerprint density at radius 3 is 2.71 bits per heavy atom. The van der Waals surface area contributed by atoms with Crippen LogP contribution >= 0.6 is 0 Å². The lowest BCUT2D eigenvalue weighted by Crippen LogP contribution is -2.49. The quantitative estimate of drug-likeness (QED) is 0.673. The van der Waals surface area contributed by atoms with E-state index in [1.54, 1.807) is 17.0 Å². The van der Waals surface area contributed by atoms with E-state index in [9.17, 15) is 14.9 Å². The normalized spacial score (nSPS) is 18.2. The second kappa shape index (κ2) is 7.04. The molecule has 1 amide bonds. The van der Waals surface area contributed by atoms with Crippen LogP contribution in [0.15, 0.2) is 18.2 Å². The van der Waals surface area contributed by atoms with E-state index in [0.29, 0.717) is 19.6 Å². The first-order chi connectivity index (χ1) is 11.2. The van der Waals surface area contributed by atoms with Crippen molar-refractivity contribution in [3.05, 3.63) is 33.9 Å². The van der Waals surface area contributed by atoms with E-state index in [1.165, 1.54) is 13.2 Å². The summed E-state index contributed by atoms with van der Waals surface area (Å²) in [5.74, 6) is 0.212. The highest BCUT2D eigenvalue weighted by atomic mass is 16.6. The Kier molecular flexibility index (Phi) is 5.28. The Morgan fingerprint density at radius 1 is 1.42 bits per heavy atom. The molecule has 1 aliphatic rings. The number of nitro benzene ring substituents is 1. The lowest BCUT2D eigenvalue weighted by atomic mass is 10.0. The first-order valence-corrected chi connectivity index (χ1v) is 7.75. The third-order valence-electron chi connectivity index (χ3n) is 3.63. The summed E-state index contributed by atoms with van der Waals surface area (Å²) in [4.78, 5) is 24.5. The van der Waals surface area contributed by atoms with Crippen molar-refractivity contribution < 1.29 is 19.2 Å². The molecule has 1 unspecified atom stereocenters. The predicted molar refractivity (Wildman–Crippen MR) is 88.2 cm³/mol. The summed E-state index contributed by atoms with van der Waals surface area (Å²) in [7, 11) is 1.39. The van der Waals surface area contributed by atoms with Crippen molar-refractivity contribution in [3.63, 3.8) is 0 Å². The molecule has 1 saturated heterocycles. The number of nitrogens with zero attached hydrogens (tertiary/aromatic N) is 2. The molecule has 8 heteroatoms. The fourth-order valence-corrected chi connectivity index (χ4v) is 2.53. The first kappa shape index (κ1) is 18.0. The monoisotopic (exact) mass is 337 g/mol. The number of hydrogen-bond acceptors (Lipinski definition) is 6. The van der Waals surface area contributed by atoms with Gasteiger partial charge in [-0.1, -0.05) is 6.07 Å². The highest BCUT2D eigenvalue weighted by molar-refractivity contribution is 5.68. The Balaban J connectivity index is 2.16. The van der Waals surface area contributed by atoms with Crippen LogP contribution in [0.3, 0.4) is 0 Å². The number of nitrogens with one attached hydrogen (secondary N) is 1. The highest BCUT2D eigenvalue weighted by Gasteiger charge is 2.29. The number of carbonyl (C=O) groups is 1. The van der Waals surface area contributed by atoms with Gasteiger partial charge < -0.3 is 19.7 Å². The van der Waals surface area contributed by atoms with Gasteiger partial charge >= 0.3 is 11.8 Å². The fourth-order valence-electron chi connectivity index (χ4n) is 2.53. The van der Waals surface area contributed by atoms with E-state index in [1.807, 2.05) is 20.8 Å². The van der Waals surface area contributed by atoms with E-state index in [0.717, 1.165) is 5.56 Å². The van der Waals surface area contributed by atoms with Gasteiger partial charge in [-0.3, -0.25) is 10.1 Å². The number of carbonyl (C=O) groups excluding carboxylic acids is 1. The molecule has 24 heavy (non-hydrogen) atoms. The molecule has 0 radical (unpaired) electrons. The molecular weight excluding hydrogens is 314 g/mol. The van der Waals surface area contributed by atoms with Gasteiger partial charge in [0, 0.05) is 25.7 Å². The van der Waals surface area contributed by atoms with Crippen LogP contribution in [0, 0.1) is 10.1 Å². The van der Waals surface area contributed by atoms with Crippen LogP contribution < -0.4 is 10.1 Å². The minimum absolute atomic E-state index is 0.0915. The number of piperazine rings is 1. The van der Waals surface area contributed by atoms with Gasteiger partial charge in [-0.2, -0.15) is 0 Å². The maximum absolute atomic E-state index is 12.2. The van der Waals surface area contributed by atoms with Crippen molar-refractivity contribution in [2.24, 2.45) is 0 Å². The van der Waals surface area contributed by atoms with E-state index in [-0.39, 0.29) is 23.6 Å². The van der Waals surface area contributed by atoms with Gasteiger partial charge in [-0.05, 0) is 32.4 Å². The van der Waals surface area contributed by atoms with E-state index < -0.39 is 10.5 Å². The zero-order valence-electron chi connectivity index (χ0n) is 14.4. The number of nitro groups is 1. The predicted octanol–water partition coefficient (Wildman–Crippen LogP) is 2.48. The number of rotatable bonds is 3. The largest absolute Gasteiger partial charge is 0.490 e. The van der Waals surface area contributed by atoms with Crippen LogP contribution in [0.1, 0.15) is 32.4 Å². The SMILES string of the molecule is COc1ccc(C2CN(C(=O)OC(C)(C)C)CCN2)cc1[N+](=O)[O-].